The predicted molar refractivity (Wildman–Crippen MR) is 109 cm³/mol. The lowest BCUT2D eigenvalue weighted by atomic mass is 10.0. The van der Waals surface area contributed by atoms with Gasteiger partial charge in [0.15, 0.2) is 0 Å². The first-order chi connectivity index (χ1) is 13.7. The van der Waals surface area contributed by atoms with Crippen molar-refractivity contribution in [1.82, 2.24) is 5.32 Å². The highest BCUT2D eigenvalue weighted by Gasteiger charge is 2.30. The molecule has 0 aromatic heterocycles. The number of ether oxygens (including phenoxy) is 1. The smallest absolute Gasteiger partial charge is 0.241 e. The van der Waals surface area contributed by atoms with Crippen LogP contribution < -0.4 is 10.6 Å². The van der Waals surface area contributed by atoms with Gasteiger partial charge in [0.1, 0.15) is 0 Å². The lowest BCUT2D eigenvalue weighted by molar-refractivity contribution is -0.118. The van der Waals surface area contributed by atoms with Crippen molar-refractivity contribution in [1.29, 1.82) is 5.26 Å². The van der Waals surface area contributed by atoms with Crippen molar-refractivity contribution in [3.63, 3.8) is 0 Å². The number of fused-ring (bicyclic) bond motifs is 1. The van der Waals surface area contributed by atoms with Gasteiger partial charge >= 0.3 is 0 Å². The fourth-order valence-corrected chi connectivity index (χ4v) is 3.54. The molecule has 0 unspecified atom stereocenters. The summed E-state index contributed by atoms with van der Waals surface area (Å²) in [5, 5.41) is 17.2. The Labute approximate surface area is 163 Å². The first kappa shape index (κ1) is 18.2. The van der Waals surface area contributed by atoms with E-state index in [1.807, 2.05) is 54.6 Å². The van der Waals surface area contributed by atoms with Crippen LogP contribution in [0.1, 0.15) is 17.5 Å². The molecule has 2 N–H and O–H groups in total. The molecule has 5 nitrogen and oxygen atoms in total. The highest BCUT2D eigenvalue weighted by Crippen LogP contribution is 2.27. The monoisotopic (exact) mass is 371 g/mol. The average Bonchev–Trinajstić information content (AvgIpc) is 3.22. The molecule has 140 valence electrons. The van der Waals surface area contributed by atoms with Crippen molar-refractivity contribution < 1.29 is 9.53 Å². The molecule has 2 atom stereocenters. The van der Waals surface area contributed by atoms with Crippen LogP contribution >= 0.6 is 0 Å². The minimum atomic E-state index is -0.296. The quantitative estimate of drug-likeness (QED) is 0.719. The molecule has 0 saturated carbocycles. The van der Waals surface area contributed by atoms with Crippen LogP contribution in [0.3, 0.4) is 0 Å². The van der Waals surface area contributed by atoms with Gasteiger partial charge in [-0.3, -0.25) is 4.79 Å². The molecule has 1 saturated heterocycles. The van der Waals surface area contributed by atoms with Crippen LogP contribution in [-0.2, 0) is 16.1 Å². The SMILES string of the molecule is N#Cc1ccc(NC(=O)[C@@H]2C[C@@H](OCc3ccccc3)CN2)c2ccccc12. The van der Waals surface area contributed by atoms with E-state index in [9.17, 15) is 10.1 Å². The van der Waals surface area contributed by atoms with Gasteiger partial charge in [-0.25, -0.2) is 0 Å². The normalized spacial score (nSPS) is 18.7. The third-order valence-electron chi connectivity index (χ3n) is 5.04. The van der Waals surface area contributed by atoms with Crippen LogP contribution in [0.2, 0.25) is 0 Å². The molecular weight excluding hydrogens is 350 g/mol. The number of amides is 1. The summed E-state index contributed by atoms with van der Waals surface area (Å²) in [6, 6.07) is 23.1. The van der Waals surface area contributed by atoms with E-state index < -0.39 is 0 Å². The van der Waals surface area contributed by atoms with E-state index >= 15 is 0 Å². The van der Waals surface area contributed by atoms with Crippen LogP contribution in [-0.4, -0.2) is 24.6 Å². The van der Waals surface area contributed by atoms with E-state index in [-0.39, 0.29) is 18.1 Å². The zero-order valence-electron chi connectivity index (χ0n) is 15.4. The van der Waals surface area contributed by atoms with Crippen molar-refractivity contribution in [2.75, 3.05) is 11.9 Å². The number of carbonyl (C=O) groups is 1. The fraction of sp³-hybridized carbons (Fsp3) is 0.217. The predicted octanol–water partition coefficient (Wildman–Crippen LogP) is 3.60. The number of hydrogen-bond acceptors (Lipinski definition) is 4. The summed E-state index contributed by atoms with van der Waals surface area (Å²) >= 11 is 0. The molecule has 3 aromatic rings. The minimum absolute atomic E-state index is 0.00802. The van der Waals surface area contributed by atoms with Crippen molar-refractivity contribution in [2.45, 2.75) is 25.2 Å². The summed E-state index contributed by atoms with van der Waals surface area (Å²) in [5.41, 5.74) is 2.44. The van der Waals surface area contributed by atoms with Crippen molar-refractivity contribution >= 4 is 22.4 Å². The lowest BCUT2D eigenvalue weighted by Crippen LogP contribution is -2.35. The summed E-state index contributed by atoms with van der Waals surface area (Å²) in [7, 11) is 0. The third kappa shape index (κ3) is 3.89. The molecular formula is C23H21N3O2. The van der Waals surface area contributed by atoms with E-state index in [2.05, 4.69) is 16.7 Å². The molecule has 1 aliphatic heterocycles. The molecule has 1 aliphatic rings. The molecule has 3 aromatic carbocycles. The van der Waals surface area contributed by atoms with Crippen molar-refractivity contribution in [3.8, 4) is 6.07 Å². The lowest BCUT2D eigenvalue weighted by Gasteiger charge is -2.14. The van der Waals surface area contributed by atoms with Crippen molar-refractivity contribution in [2.24, 2.45) is 0 Å². The van der Waals surface area contributed by atoms with Crippen LogP contribution in [0.5, 0.6) is 0 Å². The summed E-state index contributed by atoms with van der Waals surface area (Å²) in [6.07, 6.45) is 0.640. The highest BCUT2D eigenvalue weighted by molar-refractivity contribution is 6.05. The molecule has 0 bridgehead atoms. The van der Waals surface area contributed by atoms with Crippen LogP contribution in [0.25, 0.3) is 10.8 Å². The maximum Gasteiger partial charge on any atom is 0.241 e. The van der Waals surface area contributed by atoms with E-state index in [1.165, 1.54) is 0 Å². The number of rotatable bonds is 5. The van der Waals surface area contributed by atoms with Gasteiger partial charge < -0.3 is 15.4 Å². The Morgan fingerprint density at radius 1 is 1.07 bits per heavy atom. The Kier molecular flexibility index (Phi) is 5.34. The first-order valence-corrected chi connectivity index (χ1v) is 9.36. The van der Waals surface area contributed by atoms with Gasteiger partial charge in [0.05, 0.1) is 30.4 Å². The Morgan fingerprint density at radius 3 is 2.61 bits per heavy atom. The number of nitrogens with one attached hydrogen (secondary N) is 2. The standard InChI is InChI=1S/C23H21N3O2/c24-13-17-10-11-21(20-9-5-4-8-19(17)20)26-23(27)22-12-18(14-25-22)28-15-16-6-2-1-3-7-16/h1-11,18,22,25H,12,14-15H2,(H,26,27)/t18-,22+/m1/s1. The van der Waals surface area contributed by atoms with E-state index in [1.54, 1.807) is 12.1 Å². The topological polar surface area (TPSA) is 74.2 Å². The Hall–Kier alpha value is -3.20. The number of carbonyl (C=O) groups excluding carboxylic acids is 1. The van der Waals surface area contributed by atoms with E-state index in [4.69, 9.17) is 4.74 Å². The molecule has 0 radical (unpaired) electrons. The largest absolute Gasteiger partial charge is 0.372 e. The van der Waals surface area contributed by atoms with E-state index in [0.717, 1.165) is 22.0 Å². The molecule has 0 spiro atoms. The summed E-state index contributed by atoms with van der Waals surface area (Å²) in [4.78, 5) is 12.7. The van der Waals surface area contributed by atoms with Crippen LogP contribution in [0, 0.1) is 11.3 Å². The number of nitriles is 1. The molecule has 28 heavy (non-hydrogen) atoms. The minimum Gasteiger partial charge on any atom is -0.372 e. The third-order valence-corrected chi connectivity index (χ3v) is 5.04. The second-order valence-electron chi connectivity index (χ2n) is 6.92. The number of benzene rings is 3. The van der Waals surface area contributed by atoms with Crippen molar-refractivity contribution in [3.05, 3.63) is 77.9 Å². The van der Waals surface area contributed by atoms with Gasteiger partial charge in [0.2, 0.25) is 5.91 Å². The highest BCUT2D eigenvalue weighted by atomic mass is 16.5. The summed E-state index contributed by atoms with van der Waals surface area (Å²) in [5.74, 6) is -0.0827. The second-order valence-corrected chi connectivity index (χ2v) is 6.92. The van der Waals surface area contributed by atoms with E-state index in [0.29, 0.717) is 25.1 Å². The Bertz CT molecular complexity index is 1030. The molecule has 4 rings (SSSR count). The van der Waals surface area contributed by atoms with Crippen LogP contribution in [0.4, 0.5) is 5.69 Å². The van der Waals surface area contributed by atoms with Gasteiger partial charge in [-0.2, -0.15) is 5.26 Å². The molecule has 0 aliphatic carbocycles. The Balaban J connectivity index is 1.40. The van der Waals surface area contributed by atoms with Gasteiger partial charge in [-0.1, -0.05) is 54.6 Å². The maximum atomic E-state index is 12.7. The number of nitrogens with zero attached hydrogens (tertiary/aromatic N) is 1. The summed E-state index contributed by atoms with van der Waals surface area (Å²) in [6.45, 7) is 1.20. The first-order valence-electron chi connectivity index (χ1n) is 9.36. The number of anilines is 1. The average molecular weight is 371 g/mol. The van der Waals surface area contributed by atoms with Gasteiger partial charge in [0.25, 0.3) is 0 Å². The van der Waals surface area contributed by atoms with Gasteiger partial charge in [-0.05, 0) is 24.1 Å². The Morgan fingerprint density at radius 2 is 1.82 bits per heavy atom. The zero-order chi connectivity index (χ0) is 19.3. The zero-order valence-corrected chi connectivity index (χ0v) is 15.4. The second kappa shape index (κ2) is 8.22. The summed E-state index contributed by atoms with van der Waals surface area (Å²) < 4.78 is 5.94. The fourth-order valence-electron chi connectivity index (χ4n) is 3.54. The molecule has 1 fully saturated rings. The molecule has 5 heteroatoms. The maximum absolute atomic E-state index is 12.7. The van der Waals surface area contributed by atoms with Gasteiger partial charge in [-0.15, -0.1) is 0 Å². The number of hydrogen-bond donors (Lipinski definition) is 2. The van der Waals surface area contributed by atoms with Gasteiger partial charge in [0, 0.05) is 23.0 Å². The molecule has 1 heterocycles. The molecule has 1 amide bonds. The van der Waals surface area contributed by atoms with Crippen LogP contribution in [0.15, 0.2) is 66.7 Å².